The van der Waals surface area contributed by atoms with Gasteiger partial charge in [-0.2, -0.15) is 5.10 Å². The Morgan fingerprint density at radius 3 is 2.45 bits per heavy atom. The maximum atomic E-state index is 4.54. The van der Waals surface area contributed by atoms with Crippen LogP contribution < -0.4 is 5.43 Å². The minimum Gasteiger partial charge on any atom is -0.252 e. The Morgan fingerprint density at radius 2 is 1.77 bits per heavy atom. The third-order valence-corrected chi connectivity index (χ3v) is 4.59. The van der Waals surface area contributed by atoms with Crippen LogP contribution in [-0.4, -0.2) is 10.7 Å². The van der Waals surface area contributed by atoms with Gasteiger partial charge in [0.15, 0.2) is 0 Å². The Hall–Kier alpha value is -2.20. The van der Waals surface area contributed by atoms with E-state index in [1.165, 1.54) is 27.0 Å². The first-order valence-electron chi connectivity index (χ1n) is 7.28. The van der Waals surface area contributed by atoms with E-state index in [1.807, 2.05) is 25.1 Å². The van der Waals surface area contributed by atoms with Crippen molar-refractivity contribution in [2.75, 3.05) is 5.43 Å². The van der Waals surface area contributed by atoms with Crippen LogP contribution in [0.25, 0.3) is 10.2 Å². The molecule has 4 heteroatoms. The van der Waals surface area contributed by atoms with E-state index in [0.717, 1.165) is 16.4 Å². The Morgan fingerprint density at radius 1 is 1.09 bits per heavy atom. The number of thiazole rings is 1. The number of hydrogen-bond acceptors (Lipinski definition) is 4. The van der Waals surface area contributed by atoms with Crippen molar-refractivity contribution in [3.8, 4) is 0 Å². The van der Waals surface area contributed by atoms with E-state index in [2.05, 4.69) is 54.5 Å². The predicted octanol–water partition coefficient (Wildman–Crippen LogP) is 5.06. The number of para-hydroxylation sites is 1. The van der Waals surface area contributed by atoms with Gasteiger partial charge in [0.25, 0.3) is 0 Å². The number of aromatic nitrogens is 1. The van der Waals surface area contributed by atoms with E-state index < -0.39 is 0 Å². The lowest BCUT2D eigenvalue weighted by Gasteiger charge is -2.10. The predicted molar refractivity (Wildman–Crippen MR) is 96.1 cm³/mol. The number of fused-ring (bicyclic) bond motifs is 1. The summed E-state index contributed by atoms with van der Waals surface area (Å²) in [7, 11) is 0. The van der Waals surface area contributed by atoms with Crippen molar-refractivity contribution in [2.24, 2.45) is 5.10 Å². The molecule has 0 amide bonds. The minimum atomic E-state index is 0.822. The lowest BCUT2D eigenvalue weighted by atomic mass is 9.97. The molecule has 3 rings (SSSR count). The van der Waals surface area contributed by atoms with E-state index in [1.54, 1.807) is 11.3 Å². The highest BCUT2D eigenvalue weighted by molar-refractivity contribution is 7.22. The minimum absolute atomic E-state index is 0.822. The maximum absolute atomic E-state index is 4.54. The molecule has 0 bridgehead atoms. The van der Waals surface area contributed by atoms with Crippen molar-refractivity contribution < 1.29 is 0 Å². The molecule has 0 saturated heterocycles. The van der Waals surface area contributed by atoms with Crippen LogP contribution in [0.15, 0.2) is 41.5 Å². The van der Waals surface area contributed by atoms with Gasteiger partial charge in [-0.25, -0.2) is 4.98 Å². The number of hydrazone groups is 1. The second-order valence-corrected chi connectivity index (χ2v) is 6.60. The third kappa shape index (κ3) is 2.88. The lowest BCUT2D eigenvalue weighted by molar-refractivity contribution is 1.25. The molecule has 112 valence electrons. The Kier molecular flexibility index (Phi) is 3.94. The molecule has 0 fully saturated rings. The molecule has 0 spiro atoms. The molecule has 3 nitrogen and oxygen atoms in total. The molecular weight excluding hydrogens is 290 g/mol. The number of anilines is 1. The third-order valence-electron chi connectivity index (χ3n) is 3.65. The van der Waals surface area contributed by atoms with Gasteiger partial charge in [-0.05, 0) is 51.0 Å². The summed E-state index contributed by atoms with van der Waals surface area (Å²) in [5.41, 5.74) is 10.1. The smallest absolute Gasteiger partial charge is 0.204 e. The van der Waals surface area contributed by atoms with Crippen LogP contribution in [-0.2, 0) is 0 Å². The average molecular weight is 309 g/mol. The van der Waals surface area contributed by atoms with Gasteiger partial charge in [-0.15, -0.1) is 0 Å². The first-order chi connectivity index (χ1) is 10.5. The van der Waals surface area contributed by atoms with Crippen LogP contribution in [0, 0.1) is 20.8 Å². The standard InChI is InChI=1S/C18H19N3S/c1-11-9-12(2)17(13(3)10-11)14(4)20-21-18-19-15-7-5-6-8-16(15)22-18/h5-10H,1-4H3,(H,19,21)/b20-14-. The summed E-state index contributed by atoms with van der Waals surface area (Å²) in [5.74, 6) is 0. The molecule has 0 aliphatic carbocycles. The molecular formula is C18H19N3S. The number of aryl methyl sites for hydroxylation is 3. The molecule has 2 aromatic carbocycles. The molecule has 1 heterocycles. The van der Waals surface area contributed by atoms with E-state index >= 15 is 0 Å². The second kappa shape index (κ2) is 5.89. The SMILES string of the molecule is C/C(=N/Nc1nc2ccccc2s1)c1c(C)cc(C)cc1C. The molecule has 0 saturated carbocycles. The van der Waals surface area contributed by atoms with Gasteiger partial charge in [-0.1, -0.05) is 41.2 Å². The van der Waals surface area contributed by atoms with E-state index in [4.69, 9.17) is 0 Å². The van der Waals surface area contributed by atoms with Gasteiger partial charge in [0, 0.05) is 5.56 Å². The molecule has 1 aromatic heterocycles. The molecule has 0 radical (unpaired) electrons. The van der Waals surface area contributed by atoms with Gasteiger partial charge in [0.05, 0.1) is 15.9 Å². The molecule has 1 N–H and O–H groups in total. The number of benzene rings is 2. The zero-order chi connectivity index (χ0) is 15.7. The lowest BCUT2D eigenvalue weighted by Crippen LogP contribution is -2.05. The molecule has 3 aromatic rings. The largest absolute Gasteiger partial charge is 0.252 e. The van der Waals surface area contributed by atoms with Crippen LogP contribution in [0.1, 0.15) is 29.2 Å². The first-order valence-corrected chi connectivity index (χ1v) is 8.10. The fourth-order valence-corrected chi connectivity index (χ4v) is 3.67. The molecule has 0 atom stereocenters. The average Bonchev–Trinajstić information content (AvgIpc) is 2.86. The topological polar surface area (TPSA) is 37.3 Å². The highest BCUT2D eigenvalue weighted by atomic mass is 32.1. The highest BCUT2D eigenvalue weighted by Gasteiger charge is 2.08. The van der Waals surface area contributed by atoms with Crippen molar-refractivity contribution in [1.82, 2.24) is 4.98 Å². The van der Waals surface area contributed by atoms with Crippen LogP contribution in [0.4, 0.5) is 5.13 Å². The zero-order valence-electron chi connectivity index (χ0n) is 13.3. The van der Waals surface area contributed by atoms with Gasteiger partial charge in [0.1, 0.15) is 0 Å². The molecule has 22 heavy (non-hydrogen) atoms. The van der Waals surface area contributed by atoms with E-state index in [-0.39, 0.29) is 0 Å². The molecule has 0 unspecified atom stereocenters. The fourth-order valence-electron chi connectivity index (χ4n) is 2.86. The molecule has 0 aliphatic heterocycles. The summed E-state index contributed by atoms with van der Waals surface area (Å²) in [5, 5.41) is 5.35. The van der Waals surface area contributed by atoms with Crippen LogP contribution in [0.5, 0.6) is 0 Å². The summed E-state index contributed by atoms with van der Waals surface area (Å²) in [6.45, 7) is 8.42. The van der Waals surface area contributed by atoms with E-state index in [9.17, 15) is 0 Å². The zero-order valence-corrected chi connectivity index (χ0v) is 14.1. The number of nitrogens with one attached hydrogen (secondary N) is 1. The van der Waals surface area contributed by atoms with Crippen LogP contribution >= 0.6 is 11.3 Å². The maximum Gasteiger partial charge on any atom is 0.204 e. The van der Waals surface area contributed by atoms with Crippen molar-refractivity contribution in [3.63, 3.8) is 0 Å². The van der Waals surface area contributed by atoms with Gasteiger partial charge < -0.3 is 0 Å². The van der Waals surface area contributed by atoms with Crippen molar-refractivity contribution in [3.05, 3.63) is 58.7 Å². The van der Waals surface area contributed by atoms with E-state index in [0.29, 0.717) is 0 Å². The summed E-state index contributed by atoms with van der Waals surface area (Å²) < 4.78 is 1.17. The van der Waals surface area contributed by atoms with Crippen LogP contribution in [0.2, 0.25) is 0 Å². The Labute approximate surface area is 134 Å². The summed E-state index contributed by atoms with van der Waals surface area (Å²) in [6.07, 6.45) is 0. The first kappa shape index (κ1) is 14.7. The van der Waals surface area contributed by atoms with Crippen molar-refractivity contribution in [2.45, 2.75) is 27.7 Å². The fraction of sp³-hybridized carbons (Fsp3) is 0.222. The van der Waals surface area contributed by atoms with Gasteiger partial charge in [0.2, 0.25) is 5.13 Å². The molecule has 0 aliphatic rings. The summed E-state index contributed by atoms with van der Waals surface area (Å²) in [6, 6.07) is 12.5. The monoisotopic (exact) mass is 309 g/mol. The number of nitrogens with zero attached hydrogens (tertiary/aromatic N) is 2. The second-order valence-electron chi connectivity index (χ2n) is 5.57. The Bertz CT molecular complexity index is 806. The normalized spacial score (nSPS) is 11.9. The van der Waals surface area contributed by atoms with Crippen molar-refractivity contribution in [1.29, 1.82) is 0 Å². The summed E-state index contributed by atoms with van der Waals surface area (Å²) in [4.78, 5) is 4.54. The highest BCUT2D eigenvalue weighted by Crippen LogP contribution is 2.25. The van der Waals surface area contributed by atoms with Gasteiger partial charge >= 0.3 is 0 Å². The quantitative estimate of drug-likeness (QED) is 0.542. The van der Waals surface area contributed by atoms with Crippen molar-refractivity contribution >= 4 is 32.4 Å². The summed E-state index contributed by atoms with van der Waals surface area (Å²) >= 11 is 1.62. The number of rotatable bonds is 3. The number of hydrogen-bond donors (Lipinski definition) is 1. The van der Waals surface area contributed by atoms with Crippen LogP contribution in [0.3, 0.4) is 0 Å². The van der Waals surface area contributed by atoms with Gasteiger partial charge in [-0.3, -0.25) is 5.43 Å². The Balaban J connectivity index is 1.89.